The molecule has 0 radical (unpaired) electrons. The Balaban J connectivity index is 2.03. The van der Waals surface area contributed by atoms with Crippen molar-refractivity contribution in [2.75, 3.05) is 11.9 Å². The number of nitrogens with zero attached hydrogens (tertiary/aromatic N) is 3. The molecule has 0 fully saturated rings. The van der Waals surface area contributed by atoms with Crippen LogP contribution in [0.5, 0.6) is 0 Å². The average molecular weight is 300 g/mol. The van der Waals surface area contributed by atoms with Crippen LogP contribution in [0.2, 0.25) is 0 Å². The Hall–Kier alpha value is -2.34. The third kappa shape index (κ3) is 2.69. The number of para-hydroxylation sites is 2. The molecule has 0 aliphatic rings. The number of aliphatic hydroxyl groups excluding tert-OH is 1. The lowest BCUT2D eigenvalue weighted by molar-refractivity contribution is 0.208. The van der Waals surface area contributed by atoms with E-state index in [4.69, 9.17) is 4.52 Å². The highest BCUT2D eigenvalue weighted by Crippen LogP contribution is 2.23. The molecule has 0 aliphatic carbocycles. The second-order valence-corrected chi connectivity index (χ2v) is 5.54. The van der Waals surface area contributed by atoms with Crippen molar-refractivity contribution in [1.82, 2.24) is 14.7 Å². The van der Waals surface area contributed by atoms with Crippen molar-refractivity contribution in [3.63, 3.8) is 0 Å². The third-order valence-corrected chi connectivity index (χ3v) is 3.71. The van der Waals surface area contributed by atoms with E-state index < -0.39 is 6.10 Å². The van der Waals surface area contributed by atoms with Gasteiger partial charge in [-0.1, -0.05) is 17.3 Å². The lowest BCUT2D eigenvalue weighted by Crippen LogP contribution is -2.18. The van der Waals surface area contributed by atoms with E-state index in [9.17, 15) is 5.11 Å². The quantitative estimate of drug-likeness (QED) is 0.757. The number of hydrogen-bond donors (Lipinski definition) is 2. The van der Waals surface area contributed by atoms with Crippen LogP contribution in [-0.2, 0) is 6.54 Å². The fourth-order valence-corrected chi connectivity index (χ4v) is 2.50. The Labute approximate surface area is 128 Å². The smallest absolute Gasteiger partial charge is 0.204 e. The summed E-state index contributed by atoms with van der Waals surface area (Å²) in [6, 6.07) is 7.97. The second kappa shape index (κ2) is 5.81. The summed E-state index contributed by atoms with van der Waals surface area (Å²) in [5, 5.41) is 16.7. The molecule has 116 valence electrons. The van der Waals surface area contributed by atoms with E-state index in [1.54, 1.807) is 6.92 Å². The summed E-state index contributed by atoms with van der Waals surface area (Å²) in [6.07, 6.45) is -0.438. The summed E-state index contributed by atoms with van der Waals surface area (Å²) in [7, 11) is 0. The van der Waals surface area contributed by atoms with Crippen LogP contribution < -0.4 is 5.32 Å². The van der Waals surface area contributed by atoms with Gasteiger partial charge in [-0.3, -0.25) is 0 Å². The molecule has 2 N–H and O–H groups in total. The highest BCUT2D eigenvalue weighted by Gasteiger charge is 2.15. The number of aromatic nitrogens is 3. The monoisotopic (exact) mass is 300 g/mol. The Morgan fingerprint density at radius 2 is 2.09 bits per heavy atom. The first kappa shape index (κ1) is 14.6. The molecule has 0 saturated carbocycles. The van der Waals surface area contributed by atoms with E-state index >= 15 is 0 Å². The Morgan fingerprint density at radius 1 is 1.32 bits per heavy atom. The zero-order chi connectivity index (χ0) is 15.7. The first-order valence-corrected chi connectivity index (χ1v) is 7.35. The number of hydrogen-bond acceptors (Lipinski definition) is 5. The number of aliphatic hydroxyl groups is 1. The molecule has 1 atom stereocenters. The molecule has 0 spiro atoms. The number of imidazole rings is 1. The van der Waals surface area contributed by atoms with Gasteiger partial charge in [0.15, 0.2) is 0 Å². The predicted molar refractivity (Wildman–Crippen MR) is 85.0 cm³/mol. The molecule has 3 aromatic rings. The van der Waals surface area contributed by atoms with Gasteiger partial charge in [0.1, 0.15) is 5.76 Å². The summed E-state index contributed by atoms with van der Waals surface area (Å²) in [5.41, 5.74) is 3.90. The minimum atomic E-state index is -0.438. The van der Waals surface area contributed by atoms with Gasteiger partial charge in [-0.25, -0.2) is 4.98 Å². The standard InChI is InChI=1S/C16H20N4O2/c1-10(21)8-17-16-18-14-6-4-5-7-15(14)20(16)9-13-11(2)19-22-12(13)3/h4-7,10,21H,8-9H2,1-3H3,(H,17,18)/t10-/m1/s1. The minimum absolute atomic E-state index is 0.438. The maximum Gasteiger partial charge on any atom is 0.204 e. The fraction of sp³-hybridized carbons (Fsp3) is 0.375. The highest BCUT2D eigenvalue weighted by molar-refractivity contribution is 5.78. The molecule has 6 nitrogen and oxygen atoms in total. The average Bonchev–Trinajstić information content (AvgIpc) is 3.00. The van der Waals surface area contributed by atoms with Crippen LogP contribution in [0.15, 0.2) is 28.8 Å². The van der Waals surface area contributed by atoms with Gasteiger partial charge in [0.25, 0.3) is 0 Å². The Bertz CT molecular complexity index is 769. The Kier molecular flexibility index (Phi) is 3.85. The van der Waals surface area contributed by atoms with Crippen LogP contribution in [0, 0.1) is 13.8 Å². The maximum atomic E-state index is 9.50. The van der Waals surface area contributed by atoms with Crippen LogP contribution in [0.1, 0.15) is 23.9 Å². The van der Waals surface area contributed by atoms with Crippen LogP contribution in [-0.4, -0.2) is 32.5 Å². The van der Waals surface area contributed by atoms with Crippen molar-refractivity contribution in [2.45, 2.75) is 33.4 Å². The molecule has 0 aliphatic heterocycles. The van der Waals surface area contributed by atoms with Crippen LogP contribution in [0.4, 0.5) is 5.95 Å². The predicted octanol–water partition coefficient (Wildman–Crippen LogP) is 2.48. The van der Waals surface area contributed by atoms with Crippen molar-refractivity contribution in [3.8, 4) is 0 Å². The number of aryl methyl sites for hydroxylation is 2. The number of anilines is 1. The molecule has 0 saturated heterocycles. The molecule has 3 rings (SSSR count). The lowest BCUT2D eigenvalue weighted by atomic mass is 10.2. The Morgan fingerprint density at radius 3 is 2.77 bits per heavy atom. The molecule has 2 heterocycles. The van der Waals surface area contributed by atoms with Gasteiger partial charge in [-0.2, -0.15) is 0 Å². The van der Waals surface area contributed by atoms with E-state index in [-0.39, 0.29) is 0 Å². The molecular weight excluding hydrogens is 280 g/mol. The summed E-state index contributed by atoms with van der Waals surface area (Å²) < 4.78 is 7.34. The number of benzene rings is 1. The van der Waals surface area contributed by atoms with Crippen molar-refractivity contribution in [3.05, 3.63) is 41.3 Å². The summed E-state index contributed by atoms with van der Waals surface area (Å²) in [5.74, 6) is 1.55. The van der Waals surface area contributed by atoms with Gasteiger partial charge in [0, 0.05) is 12.1 Å². The number of rotatable bonds is 5. The third-order valence-electron chi connectivity index (χ3n) is 3.71. The SMILES string of the molecule is Cc1noc(C)c1Cn1c(NC[C@@H](C)O)nc2ccccc21. The second-order valence-electron chi connectivity index (χ2n) is 5.54. The minimum Gasteiger partial charge on any atom is -0.392 e. The van der Waals surface area contributed by atoms with Gasteiger partial charge in [0.2, 0.25) is 5.95 Å². The van der Waals surface area contributed by atoms with E-state index in [0.29, 0.717) is 13.1 Å². The van der Waals surface area contributed by atoms with Crippen LogP contribution in [0.25, 0.3) is 11.0 Å². The van der Waals surface area contributed by atoms with Crippen LogP contribution in [0.3, 0.4) is 0 Å². The van der Waals surface area contributed by atoms with E-state index in [1.165, 1.54) is 0 Å². The normalized spacial score (nSPS) is 12.7. The van der Waals surface area contributed by atoms with Gasteiger partial charge in [-0.05, 0) is 32.9 Å². The highest BCUT2D eigenvalue weighted by atomic mass is 16.5. The molecule has 0 bridgehead atoms. The van der Waals surface area contributed by atoms with Crippen molar-refractivity contribution in [1.29, 1.82) is 0 Å². The summed E-state index contributed by atoms with van der Waals surface area (Å²) >= 11 is 0. The maximum absolute atomic E-state index is 9.50. The zero-order valence-electron chi connectivity index (χ0n) is 13.0. The van der Waals surface area contributed by atoms with Gasteiger partial charge in [0.05, 0.1) is 29.4 Å². The van der Waals surface area contributed by atoms with E-state index in [0.717, 1.165) is 34.0 Å². The molecule has 1 aromatic carbocycles. The summed E-state index contributed by atoms with van der Waals surface area (Å²) in [4.78, 5) is 4.61. The topological polar surface area (TPSA) is 76.1 Å². The number of fused-ring (bicyclic) bond motifs is 1. The largest absolute Gasteiger partial charge is 0.392 e. The molecule has 0 amide bonds. The van der Waals surface area contributed by atoms with E-state index in [1.807, 2.05) is 38.1 Å². The first-order chi connectivity index (χ1) is 10.6. The fourth-order valence-electron chi connectivity index (χ4n) is 2.50. The molecule has 22 heavy (non-hydrogen) atoms. The van der Waals surface area contributed by atoms with E-state index in [2.05, 4.69) is 20.0 Å². The molecule has 0 unspecified atom stereocenters. The van der Waals surface area contributed by atoms with Crippen molar-refractivity contribution < 1.29 is 9.63 Å². The zero-order valence-corrected chi connectivity index (χ0v) is 13.0. The number of nitrogens with one attached hydrogen (secondary N) is 1. The van der Waals surface area contributed by atoms with Gasteiger partial charge < -0.3 is 19.5 Å². The van der Waals surface area contributed by atoms with Crippen molar-refractivity contribution in [2.24, 2.45) is 0 Å². The molecule has 2 aromatic heterocycles. The van der Waals surface area contributed by atoms with Crippen LogP contribution >= 0.6 is 0 Å². The summed E-state index contributed by atoms with van der Waals surface area (Å²) in [6.45, 7) is 6.67. The van der Waals surface area contributed by atoms with Gasteiger partial charge >= 0.3 is 0 Å². The molecular formula is C16H20N4O2. The molecule has 6 heteroatoms. The van der Waals surface area contributed by atoms with Gasteiger partial charge in [-0.15, -0.1) is 0 Å². The lowest BCUT2D eigenvalue weighted by Gasteiger charge is -2.11. The van der Waals surface area contributed by atoms with Crippen molar-refractivity contribution >= 4 is 17.0 Å². The first-order valence-electron chi connectivity index (χ1n) is 7.35.